The SMILES string of the molecule is CC(C(CCC(=O)Nc1cc(Cl)ccc1Cl)c1c[nH]c2ccccc12)N(C)C(=O)c1cc(C(F)(F)F)cc(C(F)(F)F)c1. The first-order chi connectivity index (χ1) is 20.1. The third-order valence-corrected chi connectivity index (χ3v) is 7.82. The molecular weight excluding hydrogens is 619 g/mol. The number of hydrogen-bond donors (Lipinski definition) is 2. The van der Waals surface area contributed by atoms with Gasteiger partial charge in [-0.15, -0.1) is 0 Å². The number of H-pyrrole nitrogens is 1. The molecule has 5 nitrogen and oxygen atoms in total. The molecular formula is C30H25Cl2F6N3O2. The van der Waals surface area contributed by atoms with Crippen molar-refractivity contribution in [1.29, 1.82) is 0 Å². The molecule has 0 aliphatic heterocycles. The summed E-state index contributed by atoms with van der Waals surface area (Å²) in [6.45, 7) is 1.62. The molecule has 13 heteroatoms. The third-order valence-electron chi connectivity index (χ3n) is 7.25. The van der Waals surface area contributed by atoms with Crippen molar-refractivity contribution < 1.29 is 35.9 Å². The molecule has 0 radical (unpaired) electrons. The number of benzene rings is 3. The first kappa shape index (κ1) is 32.2. The minimum atomic E-state index is -5.10. The largest absolute Gasteiger partial charge is 0.416 e. The molecule has 0 aliphatic rings. The lowest BCUT2D eigenvalue weighted by Gasteiger charge is -2.32. The molecule has 0 saturated carbocycles. The van der Waals surface area contributed by atoms with Crippen LogP contribution in [-0.4, -0.2) is 34.8 Å². The van der Waals surface area contributed by atoms with E-state index in [1.807, 2.05) is 18.2 Å². The lowest BCUT2D eigenvalue weighted by atomic mass is 9.86. The molecule has 4 rings (SSSR count). The van der Waals surface area contributed by atoms with Gasteiger partial charge in [0.15, 0.2) is 0 Å². The minimum absolute atomic E-state index is 0.0280. The number of rotatable bonds is 8. The summed E-state index contributed by atoms with van der Waals surface area (Å²) in [5.41, 5.74) is -2.15. The number of para-hydroxylation sites is 1. The van der Waals surface area contributed by atoms with Gasteiger partial charge < -0.3 is 15.2 Å². The predicted octanol–water partition coefficient (Wildman–Crippen LogP) is 9.18. The van der Waals surface area contributed by atoms with E-state index in [2.05, 4.69) is 10.3 Å². The molecule has 1 heterocycles. The van der Waals surface area contributed by atoms with Crippen molar-refractivity contribution in [2.24, 2.45) is 0 Å². The number of likely N-dealkylation sites (N-methyl/N-ethyl adjacent to an activating group) is 1. The number of nitrogens with zero attached hydrogens (tertiary/aromatic N) is 1. The van der Waals surface area contributed by atoms with Crippen molar-refractivity contribution in [1.82, 2.24) is 9.88 Å². The molecule has 0 spiro atoms. The van der Waals surface area contributed by atoms with Gasteiger partial charge in [0, 0.05) is 53.1 Å². The third kappa shape index (κ3) is 7.45. The molecule has 1 aromatic heterocycles. The van der Waals surface area contributed by atoms with Crippen LogP contribution in [0.25, 0.3) is 10.9 Å². The zero-order chi connectivity index (χ0) is 31.7. The zero-order valence-electron chi connectivity index (χ0n) is 22.7. The second-order valence-electron chi connectivity index (χ2n) is 10.1. The van der Waals surface area contributed by atoms with Crippen molar-refractivity contribution in [3.05, 3.63) is 99.2 Å². The Morgan fingerprint density at radius 1 is 0.930 bits per heavy atom. The number of fused-ring (bicyclic) bond motifs is 1. The van der Waals surface area contributed by atoms with Crippen molar-refractivity contribution in [3.8, 4) is 0 Å². The molecule has 43 heavy (non-hydrogen) atoms. The topological polar surface area (TPSA) is 65.2 Å². The fourth-order valence-electron chi connectivity index (χ4n) is 4.89. The highest BCUT2D eigenvalue weighted by Crippen LogP contribution is 2.38. The van der Waals surface area contributed by atoms with E-state index in [1.54, 1.807) is 25.3 Å². The average molecular weight is 644 g/mol. The van der Waals surface area contributed by atoms with Crippen LogP contribution in [0.3, 0.4) is 0 Å². The second-order valence-corrected chi connectivity index (χ2v) is 10.9. The molecule has 0 fully saturated rings. The fourth-order valence-corrected chi connectivity index (χ4v) is 5.22. The van der Waals surface area contributed by atoms with Gasteiger partial charge in [-0.25, -0.2) is 0 Å². The van der Waals surface area contributed by atoms with Gasteiger partial charge in [0.2, 0.25) is 5.91 Å². The Kier molecular flexibility index (Phi) is 9.36. The first-order valence-electron chi connectivity index (χ1n) is 12.9. The summed E-state index contributed by atoms with van der Waals surface area (Å²) in [6, 6.07) is 11.8. The first-order valence-corrected chi connectivity index (χ1v) is 13.7. The Morgan fingerprint density at radius 2 is 1.56 bits per heavy atom. The Labute approximate surface area is 252 Å². The highest BCUT2D eigenvalue weighted by atomic mass is 35.5. The Balaban J connectivity index is 1.65. The number of halogens is 8. The van der Waals surface area contributed by atoms with Crippen LogP contribution in [-0.2, 0) is 17.1 Å². The maximum Gasteiger partial charge on any atom is 0.416 e. The number of aromatic nitrogens is 1. The van der Waals surface area contributed by atoms with Gasteiger partial charge in [0.1, 0.15) is 0 Å². The van der Waals surface area contributed by atoms with E-state index >= 15 is 0 Å². The summed E-state index contributed by atoms with van der Waals surface area (Å²) in [6.07, 6.45) is -8.39. The van der Waals surface area contributed by atoms with E-state index in [-0.39, 0.29) is 23.9 Å². The van der Waals surface area contributed by atoms with Crippen LogP contribution >= 0.6 is 23.2 Å². The highest BCUT2D eigenvalue weighted by Gasteiger charge is 2.38. The summed E-state index contributed by atoms with van der Waals surface area (Å²) in [5.74, 6) is -2.01. The molecule has 2 amide bonds. The second kappa shape index (κ2) is 12.5. The standard InChI is InChI=1S/C30H25Cl2F6N3O2/c1-16(41(2)28(43)17-11-18(29(33,34)35)13-19(12-17)30(36,37)38)21(23-15-39-25-6-4-3-5-22(23)25)8-10-27(42)40-26-14-20(31)7-9-24(26)32/h3-7,9,11-16,21,39H,8,10H2,1-2H3,(H,40,42). The maximum absolute atomic E-state index is 13.5. The number of amides is 2. The fraction of sp³-hybridized carbons (Fsp3) is 0.267. The molecule has 3 aromatic carbocycles. The Morgan fingerprint density at radius 3 is 2.19 bits per heavy atom. The molecule has 4 aromatic rings. The molecule has 228 valence electrons. The molecule has 2 atom stereocenters. The van der Waals surface area contributed by atoms with Crippen LogP contribution in [0.2, 0.25) is 10.0 Å². The maximum atomic E-state index is 13.5. The van der Waals surface area contributed by atoms with Crippen LogP contribution in [0.4, 0.5) is 32.0 Å². The van der Waals surface area contributed by atoms with Crippen molar-refractivity contribution >= 4 is 51.6 Å². The van der Waals surface area contributed by atoms with E-state index in [9.17, 15) is 35.9 Å². The monoisotopic (exact) mass is 643 g/mol. The molecule has 0 saturated heterocycles. The summed E-state index contributed by atoms with van der Waals surface area (Å²) in [4.78, 5) is 30.5. The van der Waals surface area contributed by atoms with E-state index in [1.165, 1.54) is 19.2 Å². The van der Waals surface area contributed by atoms with Crippen molar-refractivity contribution in [2.45, 2.75) is 44.1 Å². The number of alkyl halides is 6. The van der Waals surface area contributed by atoms with Gasteiger partial charge >= 0.3 is 12.4 Å². The molecule has 0 aliphatic carbocycles. The Bertz CT molecular complexity index is 1620. The summed E-state index contributed by atoms with van der Waals surface area (Å²) >= 11 is 12.2. The zero-order valence-corrected chi connectivity index (χ0v) is 24.2. The molecule has 0 bridgehead atoms. The van der Waals surface area contributed by atoms with Crippen molar-refractivity contribution in [2.75, 3.05) is 12.4 Å². The number of nitrogens with one attached hydrogen (secondary N) is 2. The van der Waals surface area contributed by atoms with E-state index in [0.717, 1.165) is 21.4 Å². The summed E-state index contributed by atoms with van der Waals surface area (Å²) < 4.78 is 80.7. The van der Waals surface area contributed by atoms with Crippen LogP contribution in [0, 0.1) is 0 Å². The number of anilines is 1. The van der Waals surface area contributed by atoms with Gasteiger partial charge in [0.05, 0.1) is 21.8 Å². The average Bonchev–Trinajstić information content (AvgIpc) is 3.37. The van der Waals surface area contributed by atoms with Gasteiger partial charge in [-0.2, -0.15) is 26.3 Å². The Hall–Kier alpha value is -3.70. The number of carbonyl (C=O) groups is 2. The number of aromatic amines is 1. The number of hydrogen-bond acceptors (Lipinski definition) is 2. The number of carbonyl (C=O) groups excluding carboxylic acids is 2. The van der Waals surface area contributed by atoms with E-state index in [0.29, 0.717) is 22.8 Å². The lowest BCUT2D eigenvalue weighted by molar-refractivity contribution is -0.143. The summed E-state index contributed by atoms with van der Waals surface area (Å²) in [5, 5.41) is 4.10. The van der Waals surface area contributed by atoms with Crippen molar-refractivity contribution in [3.63, 3.8) is 0 Å². The van der Waals surface area contributed by atoms with E-state index in [4.69, 9.17) is 23.2 Å². The van der Waals surface area contributed by atoms with Crippen LogP contribution in [0.5, 0.6) is 0 Å². The smallest absolute Gasteiger partial charge is 0.361 e. The van der Waals surface area contributed by atoms with Gasteiger partial charge in [-0.1, -0.05) is 41.4 Å². The van der Waals surface area contributed by atoms with E-state index < -0.39 is 52.8 Å². The van der Waals surface area contributed by atoms with Gasteiger partial charge in [-0.05, 0) is 61.4 Å². The lowest BCUT2D eigenvalue weighted by Crippen LogP contribution is -2.39. The van der Waals surface area contributed by atoms with Crippen LogP contribution in [0.1, 0.15) is 52.7 Å². The van der Waals surface area contributed by atoms with Crippen LogP contribution in [0.15, 0.2) is 66.9 Å². The van der Waals surface area contributed by atoms with Crippen LogP contribution < -0.4 is 5.32 Å². The predicted molar refractivity (Wildman–Crippen MR) is 153 cm³/mol. The molecule has 2 N–H and O–H groups in total. The molecule has 2 unspecified atom stereocenters. The summed E-state index contributed by atoms with van der Waals surface area (Å²) in [7, 11) is 1.30. The van der Waals surface area contributed by atoms with Gasteiger partial charge in [-0.3, -0.25) is 9.59 Å². The minimum Gasteiger partial charge on any atom is -0.361 e. The highest BCUT2D eigenvalue weighted by molar-refractivity contribution is 6.35. The van der Waals surface area contributed by atoms with Gasteiger partial charge in [0.25, 0.3) is 5.91 Å². The quantitative estimate of drug-likeness (QED) is 0.188. The normalized spacial score (nSPS) is 13.5.